The highest BCUT2D eigenvalue weighted by Crippen LogP contribution is 2.21. The second-order valence-electron chi connectivity index (χ2n) is 6.25. The van der Waals surface area contributed by atoms with Gasteiger partial charge in [-0.2, -0.15) is 0 Å². The number of carboxylic acids is 1. The second-order valence-corrected chi connectivity index (χ2v) is 6.25. The third-order valence-corrected chi connectivity index (χ3v) is 3.92. The normalized spacial score (nSPS) is 11.7. The molecular formula is C20H23NO4. The van der Waals surface area contributed by atoms with Crippen molar-refractivity contribution in [2.24, 2.45) is 0 Å². The molecule has 1 amide bonds. The Hall–Kier alpha value is -2.82. The van der Waals surface area contributed by atoms with Crippen molar-refractivity contribution in [2.75, 3.05) is 7.11 Å². The average Bonchev–Trinajstić information content (AvgIpc) is 2.51. The van der Waals surface area contributed by atoms with E-state index in [4.69, 9.17) is 4.74 Å². The van der Waals surface area contributed by atoms with Crippen LogP contribution in [-0.2, 0) is 16.0 Å². The third-order valence-electron chi connectivity index (χ3n) is 3.92. The molecule has 0 aliphatic carbocycles. The number of hydrogen-bond donors (Lipinski definition) is 2. The van der Waals surface area contributed by atoms with E-state index in [9.17, 15) is 14.7 Å². The predicted molar refractivity (Wildman–Crippen MR) is 95.9 cm³/mol. The van der Waals surface area contributed by atoms with Gasteiger partial charge in [-0.15, -0.1) is 0 Å². The van der Waals surface area contributed by atoms with Crippen LogP contribution in [0, 0.1) is 20.8 Å². The molecule has 0 radical (unpaired) electrons. The smallest absolute Gasteiger partial charge is 0.330 e. The van der Waals surface area contributed by atoms with Crippen molar-refractivity contribution in [3.05, 3.63) is 64.2 Å². The van der Waals surface area contributed by atoms with Gasteiger partial charge >= 0.3 is 5.97 Å². The lowest BCUT2D eigenvalue weighted by molar-refractivity contribution is -0.141. The zero-order valence-electron chi connectivity index (χ0n) is 14.9. The maximum atomic E-state index is 12.4. The Morgan fingerprint density at radius 2 is 1.68 bits per heavy atom. The van der Waals surface area contributed by atoms with Crippen LogP contribution in [0.5, 0.6) is 5.75 Å². The number of nitrogens with one attached hydrogen (secondary N) is 1. The Kier molecular flexibility index (Phi) is 5.80. The minimum absolute atomic E-state index is 0.0550. The first-order valence-electron chi connectivity index (χ1n) is 8.04. The topological polar surface area (TPSA) is 75.6 Å². The quantitative estimate of drug-likeness (QED) is 0.846. The number of amides is 1. The first-order chi connectivity index (χ1) is 11.8. The van der Waals surface area contributed by atoms with Crippen molar-refractivity contribution in [3.63, 3.8) is 0 Å². The summed E-state index contributed by atoms with van der Waals surface area (Å²) in [5, 5.41) is 12.1. The van der Waals surface area contributed by atoms with Crippen molar-refractivity contribution < 1.29 is 19.4 Å². The molecule has 0 saturated heterocycles. The van der Waals surface area contributed by atoms with Crippen LogP contribution in [0.1, 0.15) is 33.9 Å². The van der Waals surface area contributed by atoms with Crippen LogP contribution in [0.2, 0.25) is 0 Å². The molecule has 0 aromatic heterocycles. The van der Waals surface area contributed by atoms with Gasteiger partial charge in [-0.1, -0.05) is 47.0 Å². The first kappa shape index (κ1) is 18.5. The predicted octanol–water partition coefficient (Wildman–Crippen LogP) is 3.11. The summed E-state index contributed by atoms with van der Waals surface area (Å²) in [6.45, 7) is 5.72. The molecule has 2 aromatic carbocycles. The Bertz CT molecular complexity index is 778. The number of methoxy groups -OCH3 is 1. The minimum atomic E-state index is -1.09. The number of benzene rings is 2. The molecule has 1 unspecified atom stereocenters. The van der Waals surface area contributed by atoms with Crippen molar-refractivity contribution in [1.82, 2.24) is 5.32 Å². The van der Waals surface area contributed by atoms with E-state index in [1.807, 2.05) is 39.0 Å². The molecule has 0 fully saturated rings. The molecule has 0 bridgehead atoms. The lowest BCUT2D eigenvalue weighted by atomic mass is 10.0. The molecule has 2 aromatic rings. The van der Waals surface area contributed by atoms with Crippen LogP contribution >= 0.6 is 0 Å². The fourth-order valence-corrected chi connectivity index (χ4v) is 2.89. The third kappa shape index (κ3) is 4.83. The van der Waals surface area contributed by atoms with Crippen LogP contribution in [-0.4, -0.2) is 24.1 Å². The molecule has 25 heavy (non-hydrogen) atoms. The van der Waals surface area contributed by atoms with Crippen LogP contribution in [0.15, 0.2) is 36.4 Å². The number of rotatable bonds is 6. The van der Waals surface area contributed by atoms with Gasteiger partial charge in [-0.25, -0.2) is 4.79 Å². The molecule has 132 valence electrons. The van der Waals surface area contributed by atoms with Crippen LogP contribution < -0.4 is 10.1 Å². The molecule has 0 saturated carbocycles. The highest BCUT2D eigenvalue weighted by atomic mass is 16.5. The van der Waals surface area contributed by atoms with Gasteiger partial charge in [0, 0.05) is 5.56 Å². The first-order valence-corrected chi connectivity index (χ1v) is 8.04. The maximum Gasteiger partial charge on any atom is 0.330 e. The summed E-state index contributed by atoms with van der Waals surface area (Å²) in [6.07, 6.45) is 0.0550. The summed E-state index contributed by atoms with van der Waals surface area (Å²) < 4.78 is 5.27. The lowest BCUT2D eigenvalue weighted by Gasteiger charge is -2.17. The Labute approximate surface area is 147 Å². The molecule has 0 heterocycles. The van der Waals surface area contributed by atoms with Crippen molar-refractivity contribution in [3.8, 4) is 5.75 Å². The molecular weight excluding hydrogens is 318 g/mol. The zero-order chi connectivity index (χ0) is 18.6. The molecule has 2 N–H and O–H groups in total. The van der Waals surface area contributed by atoms with Gasteiger partial charge in [0.15, 0.2) is 6.04 Å². The van der Waals surface area contributed by atoms with Crippen molar-refractivity contribution in [2.45, 2.75) is 33.2 Å². The molecule has 2 rings (SSSR count). The average molecular weight is 341 g/mol. The summed E-state index contributed by atoms with van der Waals surface area (Å²) in [6, 6.07) is 10.00. The maximum absolute atomic E-state index is 12.4. The van der Waals surface area contributed by atoms with Crippen molar-refractivity contribution >= 4 is 11.9 Å². The number of ether oxygens (including phenoxy) is 1. The largest absolute Gasteiger partial charge is 0.496 e. The zero-order valence-corrected chi connectivity index (χ0v) is 14.9. The summed E-state index contributed by atoms with van der Waals surface area (Å²) in [4.78, 5) is 24.1. The summed E-state index contributed by atoms with van der Waals surface area (Å²) in [5.74, 6) is -0.843. The summed E-state index contributed by atoms with van der Waals surface area (Å²) in [5.41, 5.74) is 4.21. The number of hydrogen-bond acceptors (Lipinski definition) is 3. The highest BCUT2D eigenvalue weighted by molar-refractivity contribution is 5.86. The number of aliphatic carboxylic acids is 1. The summed E-state index contributed by atoms with van der Waals surface area (Å²) >= 11 is 0. The Balaban J connectivity index is 2.21. The van der Waals surface area contributed by atoms with Gasteiger partial charge in [0.25, 0.3) is 0 Å². The monoisotopic (exact) mass is 341 g/mol. The van der Waals surface area contributed by atoms with Gasteiger partial charge < -0.3 is 15.2 Å². The van der Waals surface area contributed by atoms with Gasteiger partial charge in [0.05, 0.1) is 13.5 Å². The molecule has 0 aliphatic heterocycles. The molecule has 1 atom stereocenters. The van der Waals surface area contributed by atoms with Crippen LogP contribution in [0.3, 0.4) is 0 Å². The van der Waals surface area contributed by atoms with E-state index in [-0.39, 0.29) is 12.3 Å². The highest BCUT2D eigenvalue weighted by Gasteiger charge is 2.23. The second kappa shape index (κ2) is 7.83. The standard InChI is InChI=1S/C20H23NO4/c1-12-5-6-17(25-4)15(8-12)11-18(22)21-19(20(23)24)16-9-13(2)7-14(3)10-16/h5-10,19H,11H2,1-4H3,(H,21,22)(H,23,24). The van der Waals surface area contributed by atoms with E-state index in [1.54, 1.807) is 25.3 Å². The van der Waals surface area contributed by atoms with Crippen LogP contribution in [0.4, 0.5) is 0 Å². The Morgan fingerprint density at radius 3 is 2.24 bits per heavy atom. The molecule has 5 heteroatoms. The van der Waals surface area contributed by atoms with Crippen molar-refractivity contribution in [1.29, 1.82) is 0 Å². The van der Waals surface area contributed by atoms with Gasteiger partial charge in [-0.05, 0) is 32.4 Å². The van der Waals surface area contributed by atoms with Crippen LogP contribution in [0.25, 0.3) is 0 Å². The van der Waals surface area contributed by atoms with E-state index < -0.39 is 12.0 Å². The van der Waals surface area contributed by atoms with Gasteiger partial charge in [0.1, 0.15) is 5.75 Å². The van der Waals surface area contributed by atoms with E-state index in [0.29, 0.717) is 11.3 Å². The lowest BCUT2D eigenvalue weighted by Crippen LogP contribution is -2.34. The fourth-order valence-electron chi connectivity index (χ4n) is 2.89. The number of carbonyl (C=O) groups excluding carboxylic acids is 1. The van der Waals surface area contributed by atoms with E-state index >= 15 is 0 Å². The molecule has 5 nitrogen and oxygen atoms in total. The number of carboxylic acid groups (broad SMARTS) is 1. The van der Waals surface area contributed by atoms with Gasteiger partial charge in [0.2, 0.25) is 5.91 Å². The summed E-state index contributed by atoms with van der Waals surface area (Å²) in [7, 11) is 1.54. The fraction of sp³-hybridized carbons (Fsp3) is 0.300. The Morgan fingerprint density at radius 1 is 1.04 bits per heavy atom. The SMILES string of the molecule is COc1ccc(C)cc1CC(=O)NC(C(=O)O)c1cc(C)cc(C)c1. The minimum Gasteiger partial charge on any atom is -0.496 e. The van der Waals surface area contributed by atoms with E-state index in [0.717, 1.165) is 22.3 Å². The van der Waals surface area contributed by atoms with Gasteiger partial charge in [-0.3, -0.25) is 4.79 Å². The van der Waals surface area contributed by atoms with E-state index in [2.05, 4.69) is 5.32 Å². The van der Waals surface area contributed by atoms with E-state index in [1.165, 1.54) is 0 Å². The molecule has 0 spiro atoms. The number of aryl methyl sites for hydroxylation is 3. The molecule has 0 aliphatic rings. The number of carbonyl (C=O) groups is 2.